The van der Waals surface area contributed by atoms with Crippen molar-refractivity contribution in [2.75, 3.05) is 13.1 Å². The van der Waals surface area contributed by atoms with Gasteiger partial charge in [0.1, 0.15) is 17.1 Å². The minimum atomic E-state index is -0.916. The highest BCUT2D eigenvalue weighted by Gasteiger charge is 2.37. The average Bonchev–Trinajstić information content (AvgIpc) is 3.09. The topological polar surface area (TPSA) is 82.9 Å². The van der Waals surface area contributed by atoms with Crippen LogP contribution in [0.4, 0.5) is 0 Å². The van der Waals surface area contributed by atoms with E-state index in [2.05, 4.69) is 43.7 Å². The molecular formula is C14H22N6O. The van der Waals surface area contributed by atoms with E-state index in [1.54, 1.807) is 6.20 Å². The zero-order valence-electron chi connectivity index (χ0n) is 12.5. The zero-order chi connectivity index (χ0) is 14.9. The summed E-state index contributed by atoms with van der Waals surface area (Å²) in [7, 11) is 0. The van der Waals surface area contributed by atoms with E-state index in [0.29, 0.717) is 24.7 Å². The fourth-order valence-corrected chi connectivity index (χ4v) is 3.03. The summed E-state index contributed by atoms with van der Waals surface area (Å²) in [6.07, 6.45) is 7.11. The van der Waals surface area contributed by atoms with Crippen LogP contribution in [0.15, 0.2) is 18.6 Å². The number of aromatic amines is 1. The summed E-state index contributed by atoms with van der Waals surface area (Å²) < 4.78 is 2.17. The van der Waals surface area contributed by atoms with Crippen LogP contribution in [0.3, 0.4) is 0 Å². The molecule has 0 saturated carbocycles. The molecule has 1 saturated heterocycles. The second-order valence-electron chi connectivity index (χ2n) is 6.05. The Bertz CT molecular complexity index is 578. The summed E-state index contributed by atoms with van der Waals surface area (Å²) in [5.74, 6) is 1.04. The molecular weight excluding hydrogens is 268 g/mol. The summed E-state index contributed by atoms with van der Waals surface area (Å²) in [6.45, 7) is 6.56. The van der Waals surface area contributed by atoms with E-state index in [-0.39, 0.29) is 0 Å². The third-order valence-corrected chi connectivity index (χ3v) is 4.11. The Kier molecular flexibility index (Phi) is 3.77. The number of aromatic nitrogens is 5. The Hall–Kier alpha value is -1.73. The number of imidazole rings is 1. The summed E-state index contributed by atoms with van der Waals surface area (Å²) in [5, 5.41) is 21.3. The molecule has 114 valence electrons. The normalized spacial score (nSPS) is 23.8. The van der Waals surface area contributed by atoms with Gasteiger partial charge in [0.25, 0.3) is 0 Å². The zero-order valence-corrected chi connectivity index (χ0v) is 12.5. The monoisotopic (exact) mass is 290 g/mol. The molecule has 0 unspecified atom stereocenters. The van der Waals surface area contributed by atoms with E-state index in [1.807, 2.05) is 12.4 Å². The number of nitrogens with one attached hydrogen (secondary N) is 1. The fourth-order valence-electron chi connectivity index (χ4n) is 3.03. The highest BCUT2D eigenvalue weighted by molar-refractivity contribution is 5.09. The van der Waals surface area contributed by atoms with Crippen molar-refractivity contribution >= 4 is 0 Å². The molecule has 1 atom stereocenters. The average molecular weight is 290 g/mol. The third kappa shape index (κ3) is 2.84. The Morgan fingerprint density at radius 3 is 3.05 bits per heavy atom. The lowest BCUT2D eigenvalue weighted by atomic mass is 9.90. The summed E-state index contributed by atoms with van der Waals surface area (Å²) >= 11 is 0. The van der Waals surface area contributed by atoms with Crippen LogP contribution in [0, 0.1) is 0 Å². The quantitative estimate of drug-likeness (QED) is 0.880. The van der Waals surface area contributed by atoms with E-state index in [1.165, 1.54) is 0 Å². The first-order valence-corrected chi connectivity index (χ1v) is 7.41. The van der Waals surface area contributed by atoms with E-state index >= 15 is 0 Å². The van der Waals surface area contributed by atoms with E-state index in [4.69, 9.17) is 0 Å². The maximum atomic E-state index is 10.8. The summed E-state index contributed by atoms with van der Waals surface area (Å²) in [5.41, 5.74) is -0.292. The Labute approximate surface area is 124 Å². The molecule has 0 radical (unpaired) electrons. The minimum Gasteiger partial charge on any atom is -0.382 e. The predicted molar refractivity (Wildman–Crippen MR) is 77.4 cm³/mol. The molecule has 3 heterocycles. The van der Waals surface area contributed by atoms with Gasteiger partial charge in [0, 0.05) is 25.0 Å². The molecule has 2 N–H and O–H groups in total. The van der Waals surface area contributed by atoms with Crippen LogP contribution in [-0.4, -0.2) is 48.1 Å². The molecule has 2 aromatic heterocycles. The van der Waals surface area contributed by atoms with Gasteiger partial charge in [0.15, 0.2) is 0 Å². The van der Waals surface area contributed by atoms with Crippen molar-refractivity contribution in [3.05, 3.63) is 30.1 Å². The van der Waals surface area contributed by atoms with Gasteiger partial charge >= 0.3 is 0 Å². The van der Waals surface area contributed by atoms with Gasteiger partial charge in [-0.3, -0.25) is 4.90 Å². The van der Waals surface area contributed by atoms with Crippen molar-refractivity contribution in [3.63, 3.8) is 0 Å². The summed E-state index contributed by atoms with van der Waals surface area (Å²) in [4.78, 5) is 6.68. The van der Waals surface area contributed by atoms with Crippen LogP contribution in [0.5, 0.6) is 0 Å². The molecule has 2 aromatic rings. The minimum absolute atomic E-state index is 0.390. The van der Waals surface area contributed by atoms with Gasteiger partial charge < -0.3 is 9.67 Å². The van der Waals surface area contributed by atoms with Crippen LogP contribution in [0.2, 0.25) is 0 Å². The van der Waals surface area contributed by atoms with Gasteiger partial charge in [0.2, 0.25) is 0 Å². The Morgan fingerprint density at radius 1 is 1.48 bits per heavy atom. The Morgan fingerprint density at radius 2 is 2.33 bits per heavy atom. The molecule has 7 nitrogen and oxygen atoms in total. The highest BCUT2D eigenvalue weighted by atomic mass is 16.3. The number of hydrogen-bond donors (Lipinski definition) is 2. The smallest absolute Gasteiger partial charge is 0.123 e. The second kappa shape index (κ2) is 5.57. The molecule has 7 heteroatoms. The van der Waals surface area contributed by atoms with Crippen molar-refractivity contribution in [1.29, 1.82) is 0 Å². The highest BCUT2D eigenvalue weighted by Crippen LogP contribution is 2.30. The van der Waals surface area contributed by atoms with Gasteiger partial charge in [-0.05, 0) is 33.2 Å². The lowest BCUT2D eigenvalue weighted by Gasteiger charge is -2.37. The van der Waals surface area contributed by atoms with Gasteiger partial charge in [-0.1, -0.05) is 0 Å². The number of aliphatic hydroxyl groups is 1. The van der Waals surface area contributed by atoms with Crippen LogP contribution in [-0.2, 0) is 12.1 Å². The molecule has 0 bridgehead atoms. The molecule has 0 amide bonds. The molecule has 0 aliphatic carbocycles. The fraction of sp³-hybridized carbons (Fsp3) is 0.643. The first kappa shape index (κ1) is 14.2. The standard InChI is InChI=1S/C14H22N6O/c1-11(2)20-7-5-15-13(20)9-19-6-3-4-14(21,10-19)12-8-16-18-17-12/h5,7-8,11,21H,3-4,6,9-10H2,1-2H3,(H,16,17,18)/t14-/m0/s1. The SMILES string of the molecule is CC(C)n1ccnc1CN1CCC[C@@](O)(c2cn[nH]n2)C1. The number of H-pyrrole nitrogens is 1. The van der Waals surface area contributed by atoms with Crippen molar-refractivity contribution in [2.24, 2.45) is 0 Å². The lowest BCUT2D eigenvalue weighted by Crippen LogP contribution is -2.46. The van der Waals surface area contributed by atoms with Crippen molar-refractivity contribution in [2.45, 2.75) is 44.9 Å². The van der Waals surface area contributed by atoms with Gasteiger partial charge in [-0.2, -0.15) is 15.4 Å². The van der Waals surface area contributed by atoms with Gasteiger partial charge in [0.05, 0.1) is 12.7 Å². The number of hydrogen-bond acceptors (Lipinski definition) is 5. The van der Waals surface area contributed by atoms with Crippen LogP contribution >= 0.6 is 0 Å². The Balaban J connectivity index is 1.73. The first-order chi connectivity index (χ1) is 10.1. The lowest BCUT2D eigenvalue weighted by molar-refractivity contribution is -0.0423. The molecule has 0 aromatic carbocycles. The van der Waals surface area contributed by atoms with Gasteiger partial charge in [-0.25, -0.2) is 4.98 Å². The van der Waals surface area contributed by atoms with Crippen molar-refractivity contribution in [1.82, 2.24) is 29.9 Å². The van der Waals surface area contributed by atoms with Gasteiger partial charge in [-0.15, -0.1) is 0 Å². The van der Waals surface area contributed by atoms with E-state index in [9.17, 15) is 5.11 Å². The molecule has 0 spiro atoms. The van der Waals surface area contributed by atoms with Crippen LogP contribution in [0.1, 0.15) is 44.2 Å². The molecule has 21 heavy (non-hydrogen) atoms. The largest absolute Gasteiger partial charge is 0.382 e. The maximum Gasteiger partial charge on any atom is 0.123 e. The third-order valence-electron chi connectivity index (χ3n) is 4.11. The number of nitrogens with zero attached hydrogens (tertiary/aromatic N) is 5. The number of piperidine rings is 1. The number of β-amino-alcohol motifs (C(OH)–C–C–N with tert-alkyl or cyclic N) is 1. The van der Waals surface area contributed by atoms with Crippen molar-refractivity contribution < 1.29 is 5.11 Å². The molecule has 1 aliphatic heterocycles. The van der Waals surface area contributed by atoms with Crippen molar-refractivity contribution in [3.8, 4) is 0 Å². The second-order valence-corrected chi connectivity index (χ2v) is 6.05. The molecule has 3 rings (SSSR count). The van der Waals surface area contributed by atoms with E-state index < -0.39 is 5.60 Å². The number of rotatable bonds is 4. The number of likely N-dealkylation sites (tertiary alicyclic amines) is 1. The van der Waals surface area contributed by atoms with E-state index in [0.717, 1.165) is 25.3 Å². The molecule has 1 fully saturated rings. The molecule has 1 aliphatic rings. The van der Waals surface area contributed by atoms with Crippen LogP contribution in [0.25, 0.3) is 0 Å². The maximum absolute atomic E-state index is 10.8. The summed E-state index contributed by atoms with van der Waals surface area (Å²) in [6, 6.07) is 0.390. The van der Waals surface area contributed by atoms with Crippen LogP contribution < -0.4 is 0 Å². The predicted octanol–water partition coefficient (Wildman–Crippen LogP) is 1.07. The first-order valence-electron chi connectivity index (χ1n) is 7.41.